The van der Waals surface area contributed by atoms with Gasteiger partial charge in [-0.2, -0.15) is 0 Å². The van der Waals surface area contributed by atoms with Gasteiger partial charge >= 0.3 is 0 Å². The van der Waals surface area contributed by atoms with Crippen molar-refractivity contribution in [3.63, 3.8) is 0 Å². The van der Waals surface area contributed by atoms with Crippen LogP contribution >= 0.6 is 0 Å². The molecule has 0 bridgehead atoms. The smallest absolute Gasteiger partial charge is 0.0474 e. The first-order valence-corrected chi connectivity index (χ1v) is 2.42. The van der Waals surface area contributed by atoms with E-state index in [4.69, 9.17) is 0 Å². The molecule has 0 aromatic carbocycles. The molecule has 1 unspecified atom stereocenters. The second-order valence-electron chi connectivity index (χ2n) is 1.80. The van der Waals surface area contributed by atoms with Crippen molar-refractivity contribution in [3.8, 4) is 0 Å². The quantitative estimate of drug-likeness (QED) is 0.474. The highest BCUT2D eigenvalue weighted by Crippen LogP contribution is 2.05. The lowest BCUT2D eigenvalue weighted by molar-refractivity contribution is 0.779. The molecule has 0 saturated heterocycles. The molecule has 0 aromatic heterocycles. The summed E-state index contributed by atoms with van der Waals surface area (Å²) in [4.78, 5) is 0. The highest BCUT2D eigenvalue weighted by atomic mass is 14.9. The Bertz CT molecular complexity index is 113. The minimum Gasteiger partial charge on any atom is -0.384 e. The van der Waals surface area contributed by atoms with Crippen LogP contribution in [0.1, 0.15) is 6.92 Å². The molecule has 1 atom stereocenters. The second kappa shape index (κ2) is 1.41. The van der Waals surface area contributed by atoms with Crippen molar-refractivity contribution in [3.05, 3.63) is 24.4 Å². The fourth-order valence-corrected chi connectivity index (χ4v) is 0.551. The van der Waals surface area contributed by atoms with E-state index in [9.17, 15) is 0 Å². The number of rotatable bonds is 0. The topological polar surface area (TPSA) is 12.0 Å². The van der Waals surface area contributed by atoms with Gasteiger partial charge in [-0.25, -0.2) is 0 Å². The summed E-state index contributed by atoms with van der Waals surface area (Å²) in [6.07, 6.45) is 3.91. The summed E-state index contributed by atoms with van der Waals surface area (Å²) in [5.41, 5.74) is 1.17. The van der Waals surface area contributed by atoms with Gasteiger partial charge in [0.1, 0.15) is 0 Å². The Kier molecular flexibility index (Phi) is 0.895. The summed E-state index contributed by atoms with van der Waals surface area (Å²) >= 11 is 0. The molecule has 0 aromatic rings. The molecule has 1 aliphatic heterocycles. The Morgan fingerprint density at radius 1 is 1.86 bits per heavy atom. The van der Waals surface area contributed by atoms with Crippen molar-refractivity contribution in [2.24, 2.45) is 0 Å². The van der Waals surface area contributed by atoms with Gasteiger partial charge in [0.15, 0.2) is 0 Å². The monoisotopic (exact) mass is 95.1 g/mol. The van der Waals surface area contributed by atoms with Crippen LogP contribution in [0.3, 0.4) is 0 Å². The zero-order chi connectivity index (χ0) is 5.28. The standard InChI is InChI=1S/C6H9N/c1-5-3-4-7-6(5)2/h3-4,6-7H,1H2,2H3. The molecule has 1 nitrogen and oxygen atoms in total. The first kappa shape index (κ1) is 4.44. The molecule has 1 N–H and O–H groups in total. The number of nitrogens with one attached hydrogen (secondary N) is 1. The molecule has 1 rings (SSSR count). The van der Waals surface area contributed by atoms with Gasteiger partial charge in [0, 0.05) is 6.04 Å². The molecule has 1 aliphatic rings. The van der Waals surface area contributed by atoms with Crippen LogP contribution in [0.2, 0.25) is 0 Å². The first-order valence-electron chi connectivity index (χ1n) is 2.42. The highest BCUT2D eigenvalue weighted by Gasteiger charge is 2.03. The molecule has 0 radical (unpaired) electrons. The van der Waals surface area contributed by atoms with Gasteiger partial charge in [-0.1, -0.05) is 6.58 Å². The van der Waals surface area contributed by atoms with E-state index in [0.717, 1.165) is 0 Å². The van der Waals surface area contributed by atoms with Crippen molar-refractivity contribution >= 4 is 0 Å². The molecule has 1 heteroatoms. The molecule has 0 saturated carbocycles. The summed E-state index contributed by atoms with van der Waals surface area (Å²) in [5, 5.41) is 3.09. The molecule has 0 aliphatic carbocycles. The molecular formula is C6H9N. The third-order valence-electron chi connectivity index (χ3n) is 1.20. The minimum atomic E-state index is 0.458. The fraction of sp³-hybridized carbons (Fsp3) is 0.333. The zero-order valence-electron chi connectivity index (χ0n) is 4.44. The highest BCUT2D eigenvalue weighted by molar-refractivity contribution is 5.25. The Morgan fingerprint density at radius 2 is 2.57 bits per heavy atom. The van der Waals surface area contributed by atoms with E-state index in [0.29, 0.717) is 6.04 Å². The third kappa shape index (κ3) is 0.660. The summed E-state index contributed by atoms with van der Waals surface area (Å²) in [6.45, 7) is 5.87. The Morgan fingerprint density at radius 3 is 2.71 bits per heavy atom. The van der Waals surface area contributed by atoms with Crippen molar-refractivity contribution in [2.75, 3.05) is 0 Å². The van der Waals surface area contributed by atoms with Gasteiger partial charge in [0.2, 0.25) is 0 Å². The van der Waals surface area contributed by atoms with Gasteiger partial charge in [-0.05, 0) is 24.8 Å². The van der Waals surface area contributed by atoms with E-state index in [-0.39, 0.29) is 0 Å². The van der Waals surface area contributed by atoms with Crippen LogP contribution in [0.25, 0.3) is 0 Å². The largest absolute Gasteiger partial charge is 0.384 e. The summed E-state index contributed by atoms with van der Waals surface area (Å²) in [7, 11) is 0. The lowest BCUT2D eigenvalue weighted by atomic mass is 10.2. The maximum atomic E-state index is 3.79. The summed E-state index contributed by atoms with van der Waals surface area (Å²) in [5.74, 6) is 0. The lowest BCUT2D eigenvalue weighted by Gasteiger charge is -2.01. The van der Waals surface area contributed by atoms with Gasteiger partial charge in [0.25, 0.3) is 0 Å². The molecule has 0 fully saturated rings. The summed E-state index contributed by atoms with van der Waals surface area (Å²) < 4.78 is 0. The van der Waals surface area contributed by atoms with Gasteiger partial charge < -0.3 is 5.32 Å². The van der Waals surface area contributed by atoms with Crippen molar-refractivity contribution in [1.82, 2.24) is 5.32 Å². The van der Waals surface area contributed by atoms with Crippen LogP contribution in [-0.4, -0.2) is 6.04 Å². The SMILES string of the molecule is C=C1C=CNC1C. The molecule has 38 valence electrons. The van der Waals surface area contributed by atoms with Crippen LogP contribution in [0.15, 0.2) is 24.4 Å². The summed E-state index contributed by atoms with van der Waals surface area (Å²) in [6, 6.07) is 0.458. The van der Waals surface area contributed by atoms with Crippen LogP contribution in [0.5, 0.6) is 0 Å². The van der Waals surface area contributed by atoms with Gasteiger partial charge in [-0.15, -0.1) is 0 Å². The predicted molar refractivity (Wildman–Crippen MR) is 30.9 cm³/mol. The maximum absolute atomic E-state index is 3.79. The van der Waals surface area contributed by atoms with Crippen LogP contribution in [-0.2, 0) is 0 Å². The van der Waals surface area contributed by atoms with Gasteiger partial charge in [0.05, 0.1) is 0 Å². The van der Waals surface area contributed by atoms with E-state index >= 15 is 0 Å². The molecule has 7 heavy (non-hydrogen) atoms. The van der Waals surface area contributed by atoms with E-state index in [1.807, 2.05) is 12.3 Å². The van der Waals surface area contributed by atoms with Crippen molar-refractivity contribution in [2.45, 2.75) is 13.0 Å². The Labute approximate surface area is 43.7 Å². The average Bonchev–Trinajstić information content (AvgIpc) is 1.91. The van der Waals surface area contributed by atoms with Gasteiger partial charge in [-0.3, -0.25) is 0 Å². The van der Waals surface area contributed by atoms with Crippen LogP contribution in [0.4, 0.5) is 0 Å². The van der Waals surface area contributed by atoms with E-state index < -0.39 is 0 Å². The Balaban J connectivity index is 2.62. The van der Waals surface area contributed by atoms with Crippen molar-refractivity contribution < 1.29 is 0 Å². The average molecular weight is 95.1 g/mol. The van der Waals surface area contributed by atoms with Crippen molar-refractivity contribution in [1.29, 1.82) is 0 Å². The maximum Gasteiger partial charge on any atom is 0.0474 e. The number of hydrogen-bond donors (Lipinski definition) is 1. The van der Waals surface area contributed by atoms with Crippen LogP contribution in [0, 0.1) is 0 Å². The lowest BCUT2D eigenvalue weighted by Crippen LogP contribution is -2.14. The van der Waals surface area contributed by atoms with Crippen LogP contribution < -0.4 is 5.32 Å². The molecule has 1 heterocycles. The van der Waals surface area contributed by atoms with E-state index in [1.54, 1.807) is 0 Å². The predicted octanol–water partition coefficient (Wildman–Crippen LogP) is 1.05. The molecule has 0 spiro atoms. The Hall–Kier alpha value is -0.720. The molecular weight excluding hydrogens is 86.1 g/mol. The first-order chi connectivity index (χ1) is 3.30. The normalized spacial score (nSPS) is 28.1. The molecule has 0 amide bonds. The minimum absolute atomic E-state index is 0.458. The third-order valence-corrected chi connectivity index (χ3v) is 1.20. The second-order valence-corrected chi connectivity index (χ2v) is 1.80. The fourth-order valence-electron chi connectivity index (χ4n) is 0.551. The van der Waals surface area contributed by atoms with E-state index in [2.05, 4.69) is 18.8 Å². The van der Waals surface area contributed by atoms with E-state index in [1.165, 1.54) is 5.57 Å². The zero-order valence-corrected chi connectivity index (χ0v) is 4.44. The number of hydrogen-bond acceptors (Lipinski definition) is 1.